The highest BCUT2D eigenvalue weighted by molar-refractivity contribution is 5.69. The zero-order valence-electron chi connectivity index (χ0n) is 7.95. The van der Waals surface area contributed by atoms with Crippen LogP contribution in [0.4, 0.5) is 0 Å². The van der Waals surface area contributed by atoms with E-state index in [4.69, 9.17) is 0 Å². The summed E-state index contributed by atoms with van der Waals surface area (Å²) in [6.07, 6.45) is 1.53. The van der Waals surface area contributed by atoms with Gasteiger partial charge in [0.2, 0.25) is 0 Å². The molecule has 1 saturated heterocycles. The smallest absolute Gasteiger partial charge is 0.305 e. The van der Waals surface area contributed by atoms with E-state index in [1.165, 1.54) is 7.11 Å². The molecule has 0 bridgehead atoms. The second-order valence-electron chi connectivity index (χ2n) is 3.44. The molecule has 2 atom stereocenters. The molecular formula is C9H17NO3. The Morgan fingerprint density at radius 1 is 1.54 bits per heavy atom. The average Bonchev–Trinajstić information content (AvgIpc) is 2.32. The monoisotopic (exact) mass is 187 g/mol. The number of rotatable bonds is 2. The number of hydrogen-bond acceptors (Lipinski definition) is 4. The van der Waals surface area contributed by atoms with Gasteiger partial charge in [-0.15, -0.1) is 0 Å². The first-order valence-corrected chi connectivity index (χ1v) is 4.69. The van der Waals surface area contributed by atoms with E-state index in [0.29, 0.717) is 6.42 Å². The Bertz CT molecular complexity index is 172. The van der Waals surface area contributed by atoms with Crippen molar-refractivity contribution in [2.75, 3.05) is 20.2 Å². The first-order valence-electron chi connectivity index (χ1n) is 4.69. The molecule has 0 amide bonds. The van der Waals surface area contributed by atoms with Gasteiger partial charge < -0.3 is 15.2 Å². The first kappa shape index (κ1) is 10.5. The predicted octanol–water partition coefficient (Wildman–Crippen LogP) is -0.0900. The number of aliphatic hydroxyl groups excluding tert-OH is 1. The van der Waals surface area contributed by atoms with Gasteiger partial charge >= 0.3 is 5.97 Å². The maximum absolute atomic E-state index is 11.0. The minimum absolute atomic E-state index is 0.0578. The lowest BCUT2D eigenvalue weighted by Crippen LogP contribution is -2.23. The molecule has 1 aliphatic rings. The molecule has 0 spiro atoms. The van der Waals surface area contributed by atoms with Crippen molar-refractivity contribution < 1.29 is 14.6 Å². The topological polar surface area (TPSA) is 58.6 Å². The highest BCUT2D eigenvalue weighted by atomic mass is 16.5. The van der Waals surface area contributed by atoms with Crippen LogP contribution in [-0.4, -0.2) is 37.4 Å². The molecule has 4 nitrogen and oxygen atoms in total. The van der Waals surface area contributed by atoms with E-state index in [9.17, 15) is 9.90 Å². The van der Waals surface area contributed by atoms with Crippen LogP contribution >= 0.6 is 0 Å². The van der Waals surface area contributed by atoms with Crippen LogP contribution in [0.2, 0.25) is 0 Å². The molecule has 0 unspecified atom stereocenters. The number of ether oxygens (including phenoxy) is 1. The van der Waals surface area contributed by atoms with Crippen LogP contribution in [0.15, 0.2) is 0 Å². The highest BCUT2D eigenvalue weighted by Crippen LogP contribution is 2.18. The molecule has 0 aromatic carbocycles. The number of methoxy groups -OCH3 is 1. The molecule has 0 aliphatic carbocycles. The molecular weight excluding hydrogens is 170 g/mol. The third kappa shape index (κ3) is 3.32. The molecule has 4 heteroatoms. The number of nitrogens with one attached hydrogen (secondary N) is 1. The third-order valence-electron chi connectivity index (χ3n) is 2.51. The van der Waals surface area contributed by atoms with Gasteiger partial charge in [-0.3, -0.25) is 4.79 Å². The fourth-order valence-corrected chi connectivity index (χ4v) is 1.63. The molecule has 0 saturated carbocycles. The van der Waals surface area contributed by atoms with Crippen LogP contribution in [0.5, 0.6) is 0 Å². The first-order chi connectivity index (χ1) is 6.24. The van der Waals surface area contributed by atoms with E-state index in [-0.39, 0.29) is 18.0 Å². The SMILES string of the molecule is COC(=O)C[C@H]1CCNCC[C@@H]1O. The summed E-state index contributed by atoms with van der Waals surface area (Å²) < 4.78 is 4.57. The summed E-state index contributed by atoms with van der Waals surface area (Å²) in [5.41, 5.74) is 0. The zero-order chi connectivity index (χ0) is 9.68. The van der Waals surface area contributed by atoms with E-state index >= 15 is 0 Å². The van der Waals surface area contributed by atoms with Crippen molar-refractivity contribution >= 4 is 5.97 Å². The predicted molar refractivity (Wildman–Crippen MR) is 48.2 cm³/mol. The van der Waals surface area contributed by atoms with E-state index in [1.54, 1.807) is 0 Å². The fraction of sp³-hybridized carbons (Fsp3) is 0.889. The van der Waals surface area contributed by atoms with Crippen LogP contribution in [0, 0.1) is 5.92 Å². The van der Waals surface area contributed by atoms with Crippen molar-refractivity contribution in [1.29, 1.82) is 0 Å². The zero-order valence-corrected chi connectivity index (χ0v) is 7.95. The van der Waals surface area contributed by atoms with Gasteiger partial charge in [-0.25, -0.2) is 0 Å². The normalized spacial score (nSPS) is 29.4. The summed E-state index contributed by atoms with van der Waals surface area (Å²) in [7, 11) is 1.38. The molecule has 1 rings (SSSR count). The summed E-state index contributed by atoms with van der Waals surface area (Å²) >= 11 is 0. The Morgan fingerprint density at radius 3 is 2.92 bits per heavy atom. The van der Waals surface area contributed by atoms with Gasteiger partial charge in [-0.05, 0) is 31.8 Å². The minimum Gasteiger partial charge on any atom is -0.469 e. The molecule has 0 aromatic heterocycles. The molecule has 13 heavy (non-hydrogen) atoms. The van der Waals surface area contributed by atoms with Gasteiger partial charge in [0.25, 0.3) is 0 Å². The summed E-state index contributed by atoms with van der Waals surface area (Å²) in [5.74, 6) is -0.173. The number of hydrogen-bond donors (Lipinski definition) is 2. The van der Waals surface area contributed by atoms with Gasteiger partial charge in [0.15, 0.2) is 0 Å². The molecule has 2 N–H and O–H groups in total. The highest BCUT2D eigenvalue weighted by Gasteiger charge is 2.23. The average molecular weight is 187 g/mol. The van der Waals surface area contributed by atoms with Crippen molar-refractivity contribution in [3.8, 4) is 0 Å². The molecule has 0 radical (unpaired) electrons. The van der Waals surface area contributed by atoms with Crippen molar-refractivity contribution in [3.63, 3.8) is 0 Å². The van der Waals surface area contributed by atoms with Crippen LogP contribution in [0.1, 0.15) is 19.3 Å². The molecule has 1 aliphatic heterocycles. The van der Waals surface area contributed by atoms with Crippen LogP contribution in [-0.2, 0) is 9.53 Å². The van der Waals surface area contributed by atoms with Crippen molar-refractivity contribution in [1.82, 2.24) is 5.32 Å². The molecule has 76 valence electrons. The maximum atomic E-state index is 11.0. The number of aliphatic hydroxyl groups is 1. The number of carbonyl (C=O) groups is 1. The van der Waals surface area contributed by atoms with E-state index in [0.717, 1.165) is 25.9 Å². The Kier molecular flexibility index (Phi) is 4.18. The van der Waals surface area contributed by atoms with Crippen LogP contribution in [0.3, 0.4) is 0 Å². The minimum atomic E-state index is -0.367. The standard InChI is InChI=1S/C9H17NO3/c1-13-9(12)6-7-2-4-10-5-3-8(7)11/h7-8,10-11H,2-6H2,1H3/t7-,8+/m1/s1. The Balaban J connectivity index is 2.40. The van der Waals surface area contributed by atoms with Gasteiger partial charge in [-0.2, -0.15) is 0 Å². The lowest BCUT2D eigenvalue weighted by Gasteiger charge is -2.17. The molecule has 0 aromatic rings. The molecule has 1 fully saturated rings. The van der Waals surface area contributed by atoms with E-state index < -0.39 is 0 Å². The Morgan fingerprint density at radius 2 is 2.23 bits per heavy atom. The van der Waals surface area contributed by atoms with Gasteiger partial charge in [0.05, 0.1) is 19.6 Å². The van der Waals surface area contributed by atoms with Crippen LogP contribution in [0.25, 0.3) is 0 Å². The second-order valence-corrected chi connectivity index (χ2v) is 3.44. The fourth-order valence-electron chi connectivity index (χ4n) is 1.63. The largest absolute Gasteiger partial charge is 0.469 e. The van der Waals surface area contributed by atoms with Gasteiger partial charge in [-0.1, -0.05) is 0 Å². The van der Waals surface area contributed by atoms with Crippen LogP contribution < -0.4 is 5.32 Å². The second kappa shape index (κ2) is 5.19. The van der Waals surface area contributed by atoms with Gasteiger partial charge in [0, 0.05) is 0 Å². The summed E-state index contributed by atoms with van der Waals surface area (Å²) in [5, 5.41) is 12.8. The maximum Gasteiger partial charge on any atom is 0.305 e. The van der Waals surface area contributed by atoms with Crippen molar-refractivity contribution in [2.24, 2.45) is 5.92 Å². The quantitative estimate of drug-likeness (QED) is 0.593. The summed E-state index contributed by atoms with van der Waals surface area (Å²) in [4.78, 5) is 11.0. The van der Waals surface area contributed by atoms with E-state index in [1.807, 2.05) is 0 Å². The lowest BCUT2D eigenvalue weighted by molar-refractivity contribution is -0.142. The Hall–Kier alpha value is -0.610. The summed E-state index contributed by atoms with van der Waals surface area (Å²) in [6, 6.07) is 0. The lowest BCUT2D eigenvalue weighted by atomic mass is 9.94. The third-order valence-corrected chi connectivity index (χ3v) is 2.51. The number of esters is 1. The summed E-state index contributed by atoms with van der Waals surface area (Å²) in [6.45, 7) is 1.71. The van der Waals surface area contributed by atoms with E-state index in [2.05, 4.69) is 10.1 Å². The molecule has 1 heterocycles. The van der Waals surface area contributed by atoms with Crippen molar-refractivity contribution in [3.05, 3.63) is 0 Å². The van der Waals surface area contributed by atoms with Gasteiger partial charge in [0.1, 0.15) is 0 Å². The Labute approximate surface area is 78.3 Å². The number of carbonyl (C=O) groups excluding carboxylic acids is 1. The van der Waals surface area contributed by atoms with Crippen molar-refractivity contribution in [2.45, 2.75) is 25.4 Å².